The number of piperidine rings is 2. The zero-order valence-electron chi connectivity index (χ0n) is 33.9. The molecule has 0 radical (unpaired) electrons. The minimum absolute atomic E-state index is 0.0978. The number of nitrogens with one attached hydrogen (secondary N) is 1. The highest BCUT2D eigenvalue weighted by Gasteiger charge is 2.23. The molecule has 2 aliphatic heterocycles. The first-order valence-electron chi connectivity index (χ1n) is 19.9. The van der Waals surface area contributed by atoms with E-state index in [1.54, 1.807) is 33.3 Å². The Bertz CT molecular complexity index is 2280. The van der Waals surface area contributed by atoms with E-state index < -0.39 is 5.97 Å². The number of aromatic nitrogens is 4. The number of carboxylic acid groups (broad SMARTS) is 1. The summed E-state index contributed by atoms with van der Waals surface area (Å²) in [5, 5.41) is 18.6. The van der Waals surface area contributed by atoms with Crippen LogP contribution >= 0.6 is 67.9 Å². The number of benzene rings is 2. The second-order valence-electron chi connectivity index (χ2n) is 15.2. The van der Waals surface area contributed by atoms with Crippen molar-refractivity contribution >= 4 is 101 Å². The topological polar surface area (TPSA) is 135 Å². The predicted octanol–water partition coefficient (Wildman–Crippen LogP) is 10.8. The van der Waals surface area contributed by atoms with Crippen molar-refractivity contribution in [2.24, 2.45) is 0 Å². The first kappa shape index (κ1) is 44.6. The number of nitrogens with zero attached hydrogens (tertiary/aromatic N) is 6. The van der Waals surface area contributed by atoms with E-state index in [-0.39, 0.29) is 5.91 Å². The summed E-state index contributed by atoms with van der Waals surface area (Å²) in [4.78, 5) is 38.5. The quantitative estimate of drug-likeness (QED) is 0.0963. The first-order valence-corrected chi connectivity index (χ1v) is 23.8. The molecule has 8 rings (SSSR count). The number of amides is 1. The van der Waals surface area contributed by atoms with Crippen LogP contribution in [0.2, 0.25) is 0 Å². The molecule has 2 unspecified atom stereocenters. The van der Waals surface area contributed by atoms with Crippen molar-refractivity contribution in [2.45, 2.75) is 91.4 Å². The highest BCUT2D eigenvalue weighted by molar-refractivity contribution is 14.1. The smallest absolute Gasteiger partial charge is 0.352 e. The number of halogens is 2. The number of nitrogen functional groups attached to an aromatic ring is 1. The molecule has 0 spiro atoms. The summed E-state index contributed by atoms with van der Waals surface area (Å²) in [7, 11) is 0. The molecule has 59 heavy (non-hydrogen) atoms. The van der Waals surface area contributed by atoms with E-state index in [4.69, 9.17) is 15.7 Å². The number of aromatic carboxylic acids is 1. The van der Waals surface area contributed by atoms with E-state index in [0.717, 1.165) is 60.8 Å². The molecule has 0 aliphatic carbocycles. The fourth-order valence-electron chi connectivity index (χ4n) is 7.25. The standard InChI is InChI=1S/C22H25IN4OS.C16H21N3O2S.C6H6IN/c1-15-11-20(21(28)24-18-8-6-17(23)7-9-18)26(12-15)13-19-14-29-22(25-19)27-10-4-3-5-16(27)2;1-11-7-14(15(20)21)18(8-11)9-13-10-22-16(17-13)19-6-4-3-5-12(19)2;7-5-1-3-6(8)4-2-5/h6-9,11-12,14,16H,3-5,10,13H2,1-2H3,(H,24,28);7-8,10,12H,3-6,9H2,1-2H3,(H,20,21);1-4H,8H2. The minimum atomic E-state index is -0.895. The average Bonchev–Trinajstić information content (AvgIpc) is 4.03. The van der Waals surface area contributed by atoms with Gasteiger partial charge in [0.2, 0.25) is 0 Å². The van der Waals surface area contributed by atoms with Crippen LogP contribution in [-0.4, -0.2) is 61.3 Å². The molecular weight excluding hydrogens is 1010 g/mol. The van der Waals surface area contributed by atoms with Crippen LogP contribution in [0.25, 0.3) is 0 Å². The molecule has 1 amide bonds. The molecule has 312 valence electrons. The van der Waals surface area contributed by atoms with Gasteiger partial charge in [-0.3, -0.25) is 4.79 Å². The van der Waals surface area contributed by atoms with Crippen molar-refractivity contribution in [1.82, 2.24) is 19.1 Å². The van der Waals surface area contributed by atoms with Gasteiger partial charge in [0.25, 0.3) is 5.91 Å². The van der Waals surface area contributed by atoms with Gasteiger partial charge in [0, 0.05) is 66.8 Å². The van der Waals surface area contributed by atoms with Crippen LogP contribution in [0.4, 0.5) is 21.6 Å². The molecule has 6 aromatic rings. The van der Waals surface area contributed by atoms with Gasteiger partial charge in [-0.05, 0) is 183 Å². The van der Waals surface area contributed by atoms with Gasteiger partial charge in [-0.1, -0.05) is 0 Å². The van der Waals surface area contributed by atoms with Gasteiger partial charge in [-0.2, -0.15) is 0 Å². The van der Waals surface area contributed by atoms with Crippen LogP contribution in [0, 0.1) is 21.0 Å². The Morgan fingerprint density at radius 2 is 1.20 bits per heavy atom. The van der Waals surface area contributed by atoms with Gasteiger partial charge in [0.05, 0.1) is 24.5 Å². The van der Waals surface area contributed by atoms with E-state index in [1.807, 2.05) is 90.8 Å². The molecule has 2 aromatic carbocycles. The van der Waals surface area contributed by atoms with Crippen LogP contribution < -0.4 is 20.9 Å². The molecule has 4 aromatic heterocycles. The van der Waals surface area contributed by atoms with Gasteiger partial charge in [-0.15, -0.1) is 22.7 Å². The lowest BCUT2D eigenvalue weighted by Crippen LogP contribution is -2.37. The molecule has 11 nitrogen and oxygen atoms in total. The van der Waals surface area contributed by atoms with Gasteiger partial charge in [-0.25, -0.2) is 14.8 Å². The molecule has 6 heterocycles. The number of rotatable bonds is 9. The lowest BCUT2D eigenvalue weighted by molar-refractivity contribution is 0.0685. The fourth-order valence-corrected chi connectivity index (χ4v) is 9.86. The second kappa shape index (κ2) is 21.0. The lowest BCUT2D eigenvalue weighted by atomic mass is 10.1. The first-order chi connectivity index (χ1) is 28.3. The molecule has 15 heteroatoms. The Kier molecular flexibility index (Phi) is 15.9. The van der Waals surface area contributed by atoms with Crippen molar-refractivity contribution in [2.75, 3.05) is 33.9 Å². The van der Waals surface area contributed by atoms with Crippen LogP contribution in [0.15, 0.2) is 83.8 Å². The minimum Gasteiger partial charge on any atom is -0.477 e. The fraction of sp³-hybridized carbons (Fsp3) is 0.364. The number of carboxylic acids is 1. The Hall–Kier alpha value is -3.94. The summed E-state index contributed by atoms with van der Waals surface area (Å²) in [6, 6.07) is 20.3. The number of aryl methyl sites for hydroxylation is 2. The van der Waals surface area contributed by atoms with Crippen molar-refractivity contribution in [3.8, 4) is 0 Å². The number of carbonyl (C=O) groups is 2. The maximum Gasteiger partial charge on any atom is 0.352 e. The second-order valence-corrected chi connectivity index (χ2v) is 19.4. The molecule has 2 saturated heterocycles. The lowest BCUT2D eigenvalue weighted by Gasteiger charge is -2.33. The Labute approximate surface area is 382 Å². The van der Waals surface area contributed by atoms with Crippen molar-refractivity contribution in [3.05, 3.63) is 125 Å². The zero-order chi connectivity index (χ0) is 42.1. The molecule has 2 fully saturated rings. The Morgan fingerprint density at radius 3 is 1.66 bits per heavy atom. The molecule has 4 N–H and O–H groups in total. The van der Waals surface area contributed by atoms with Crippen molar-refractivity contribution < 1.29 is 14.7 Å². The van der Waals surface area contributed by atoms with E-state index in [9.17, 15) is 14.7 Å². The number of thiazole rings is 2. The normalized spacial score (nSPS) is 16.4. The highest BCUT2D eigenvalue weighted by Crippen LogP contribution is 2.30. The molecule has 2 atom stereocenters. The SMILES string of the molecule is Cc1cc(C(=O)Nc2ccc(I)cc2)n(Cc2csc(N3CCCCC3C)n2)c1.Cc1cc(C(=O)O)n(Cc2csc(N3CCCCC3C)n2)c1.Nc1ccc(I)cc1. The van der Waals surface area contributed by atoms with Crippen LogP contribution in [0.3, 0.4) is 0 Å². The number of hydrogen-bond donors (Lipinski definition) is 3. The summed E-state index contributed by atoms with van der Waals surface area (Å²) in [6.45, 7) is 11.7. The van der Waals surface area contributed by atoms with Crippen LogP contribution in [0.5, 0.6) is 0 Å². The number of carbonyl (C=O) groups excluding carboxylic acids is 1. The van der Waals surface area contributed by atoms with E-state index in [2.05, 4.69) is 79.5 Å². The van der Waals surface area contributed by atoms with Crippen LogP contribution in [-0.2, 0) is 13.1 Å². The summed E-state index contributed by atoms with van der Waals surface area (Å²) in [5.74, 6) is -0.993. The van der Waals surface area contributed by atoms with Crippen LogP contribution in [0.1, 0.15) is 95.9 Å². The van der Waals surface area contributed by atoms with Crippen molar-refractivity contribution in [3.63, 3.8) is 0 Å². The largest absolute Gasteiger partial charge is 0.477 e. The summed E-state index contributed by atoms with van der Waals surface area (Å²) < 4.78 is 6.12. The van der Waals surface area contributed by atoms with Gasteiger partial charge in [0.1, 0.15) is 11.4 Å². The summed E-state index contributed by atoms with van der Waals surface area (Å²) in [5.41, 5.74) is 12.0. The molecule has 0 saturated carbocycles. The average molecular weight is 1060 g/mol. The third kappa shape index (κ3) is 12.5. The summed E-state index contributed by atoms with van der Waals surface area (Å²) in [6.07, 6.45) is 11.4. The third-order valence-corrected chi connectivity index (χ3v) is 13.6. The van der Waals surface area contributed by atoms with E-state index in [1.165, 1.54) is 42.1 Å². The monoisotopic (exact) mass is 1060 g/mol. The van der Waals surface area contributed by atoms with Gasteiger partial charge in [0.15, 0.2) is 10.3 Å². The Balaban J connectivity index is 0.000000171. The predicted molar refractivity (Wildman–Crippen MR) is 260 cm³/mol. The number of nitrogens with two attached hydrogens (primary N) is 1. The molecule has 0 bridgehead atoms. The number of anilines is 4. The zero-order valence-corrected chi connectivity index (χ0v) is 39.9. The highest BCUT2D eigenvalue weighted by atomic mass is 127. The molecular formula is C44H52I2N8O3S2. The summed E-state index contributed by atoms with van der Waals surface area (Å²) >= 11 is 7.86. The van der Waals surface area contributed by atoms with E-state index in [0.29, 0.717) is 36.6 Å². The number of hydrogen-bond acceptors (Lipinski definition) is 9. The van der Waals surface area contributed by atoms with E-state index >= 15 is 0 Å². The van der Waals surface area contributed by atoms with Gasteiger partial charge < -0.3 is 35.1 Å². The third-order valence-electron chi connectivity index (χ3n) is 10.3. The maximum absolute atomic E-state index is 12.9. The van der Waals surface area contributed by atoms with Gasteiger partial charge >= 0.3 is 5.97 Å². The Morgan fingerprint density at radius 1 is 0.746 bits per heavy atom. The van der Waals surface area contributed by atoms with Crippen molar-refractivity contribution in [1.29, 1.82) is 0 Å². The maximum atomic E-state index is 12.9. The molecule has 2 aliphatic rings.